The number of cyclic esters (lactones) is 1. The predicted octanol–water partition coefficient (Wildman–Crippen LogP) is 4.18. The Kier molecular flexibility index (Phi) is 9.30. The minimum atomic E-state index is -1.51. The molecule has 0 aromatic carbocycles. The van der Waals surface area contributed by atoms with Gasteiger partial charge in [-0.3, -0.25) is 0 Å². The fourth-order valence-corrected chi connectivity index (χ4v) is 2.98. The van der Waals surface area contributed by atoms with Crippen LogP contribution in [0.4, 0.5) is 0 Å². The van der Waals surface area contributed by atoms with Gasteiger partial charge in [-0.15, -0.1) is 6.58 Å². The maximum Gasteiger partial charge on any atom is 0.336 e. The number of methoxy groups -OCH3 is 1. The second-order valence-corrected chi connectivity index (χ2v) is 7.87. The van der Waals surface area contributed by atoms with E-state index in [9.17, 15) is 14.7 Å². The molecule has 1 heterocycles. The van der Waals surface area contributed by atoms with Gasteiger partial charge in [0.05, 0.1) is 13.4 Å². The monoisotopic (exact) mass is 418 g/mol. The smallest absolute Gasteiger partial charge is 0.336 e. The number of hydrogen-bond donors (Lipinski definition) is 1. The molecule has 6 heteroatoms. The Labute approximate surface area is 179 Å². The van der Waals surface area contributed by atoms with Gasteiger partial charge in [0, 0.05) is 22.6 Å². The molecule has 0 radical (unpaired) electrons. The lowest BCUT2D eigenvalue weighted by Crippen LogP contribution is -2.43. The summed E-state index contributed by atoms with van der Waals surface area (Å²) in [6.45, 7) is 12.8. The number of ether oxygens (including phenoxy) is 3. The van der Waals surface area contributed by atoms with Crippen LogP contribution in [0.2, 0.25) is 0 Å². The van der Waals surface area contributed by atoms with Gasteiger partial charge in [0.2, 0.25) is 0 Å². The van der Waals surface area contributed by atoms with E-state index < -0.39 is 29.1 Å². The van der Waals surface area contributed by atoms with Crippen LogP contribution >= 0.6 is 0 Å². The largest absolute Gasteiger partial charge is 0.505 e. The maximum absolute atomic E-state index is 12.8. The van der Waals surface area contributed by atoms with Crippen LogP contribution in [0, 0.1) is 5.41 Å². The van der Waals surface area contributed by atoms with E-state index in [4.69, 9.17) is 14.2 Å². The molecule has 0 aromatic heterocycles. The number of carbonyl (C=O) groups is 2. The number of aliphatic hydroxyl groups is 1. The summed E-state index contributed by atoms with van der Waals surface area (Å²) in [5.41, 5.74) is -0.149. The normalized spacial score (nSPS) is 22.0. The average molecular weight is 419 g/mol. The molecular weight excluding hydrogens is 384 g/mol. The Morgan fingerprint density at radius 3 is 2.60 bits per heavy atom. The molecule has 6 nitrogen and oxygen atoms in total. The Morgan fingerprint density at radius 2 is 2.07 bits per heavy atom. The van der Waals surface area contributed by atoms with Crippen molar-refractivity contribution in [3.05, 3.63) is 59.9 Å². The van der Waals surface area contributed by atoms with Gasteiger partial charge in [-0.05, 0) is 46.6 Å². The van der Waals surface area contributed by atoms with Gasteiger partial charge in [-0.1, -0.05) is 30.7 Å². The molecule has 1 aliphatic rings. The standard InChI is InChI=1S/C24H34O6/c1-8-18(5)21(26)29-16-20(25)24(13-14-28-7)15-19(22(27)30-24)23(6,9-2)12-10-11-17(3)4/h8-9,11,13-15,20,25H,2,10,12,16H2,1,3-7H3/b14-13+,18-8-/t20-,23-,24-/m0/s1. The number of aliphatic hydroxyl groups excluding tert-OH is 1. The molecule has 0 spiro atoms. The molecule has 0 fully saturated rings. The van der Waals surface area contributed by atoms with E-state index in [-0.39, 0.29) is 6.61 Å². The molecular formula is C24H34O6. The minimum Gasteiger partial charge on any atom is -0.505 e. The van der Waals surface area contributed by atoms with E-state index in [1.165, 1.54) is 25.0 Å². The van der Waals surface area contributed by atoms with E-state index >= 15 is 0 Å². The van der Waals surface area contributed by atoms with Crippen LogP contribution < -0.4 is 0 Å². The van der Waals surface area contributed by atoms with Crippen LogP contribution in [0.3, 0.4) is 0 Å². The highest BCUT2D eigenvalue weighted by molar-refractivity contribution is 5.94. The summed E-state index contributed by atoms with van der Waals surface area (Å²) in [6, 6.07) is 0. The van der Waals surface area contributed by atoms with Crippen LogP contribution in [0.1, 0.15) is 47.5 Å². The summed E-state index contributed by atoms with van der Waals surface area (Å²) in [5.74, 6) is -1.10. The molecule has 0 aliphatic carbocycles. The summed E-state index contributed by atoms with van der Waals surface area (Å²) >= 11 is 0. The van der Waals surface area contributed by atoms with Crippen molar-refractivity contribution in [3.63, 3.8) is 0 Å². The summed E-state index contributed by atoms with van der Waals surface area (Å²) in [5, 5.41) is 10.8. The summed E-state index contributed by atoms with van der Waals surface area (Å²) in [6.07, 6.45) is 9.88. The highest BCUT2D eigenvalue weighted by Gasteiger charge is 2.48. The third kappa shape index (κ3) is 6.20. The molecule has 3 atom stereocenters. The first-order valence-electron chi connectivity index (χ1n) is 9.97. The lowest BCUT2D eigenvalue weighted by Gasteiger charge is -2.28. The van der Waals surface area contributed by atoms with Crippen LogP contribution in [0.5, 0.6) is 0 Å². The first kappa shape index (κ1) is 25.4. The number of esters is 2. The van der Waals surface area contributed by atoms with Crippen molar-refractivity contribution in [3.8, 4) is 0 Å². The molecule has 0 saturated carbocycles. The van der Waals surface area contributed by atoms with E-state index in [1.807, 2.05) is 20.8 Å². The molecule has 1 rings (SSSR count). The number of rotatable bonds is 11. The number of carbonyl (C=O) groups excluding carboxylic acids is 2. The van der Waals surface area contributed by atoms with Crippen LogP contribution in [0.25, 0.3) is 0 Å². The van der Waals surface area contributed by atoms with Crippen molar-refractivity contribution in [1.29, 1.82) is 0 Å². The van der Waals surface area contributed by atoms with E-state index in [0.717, 1.165) is 6.42 Å². The average Bonchev–Trinajstić information content (AvgIpc) is 3.07. The minimum absolute atomic E-state index is 0.350. The van der Waals surface area contributed by atoms with Crippen LogP contribution in [-0.2, 0) is 23.8 Å². The van der Waals surface area contributed by atoms with Crippen LogP contribution in [0.15, 0.2) is 59.9 Å². The third-order valence-corrected chi connectivity index (χ3v) is 5.25. The van der Waals surface area contributed by atoms with Crippen molar-refractivity contribution in [2.24, 2.45) is 5.41 Å². The molecule has 166 valence electrons. The van der Waals surface area contributed by atoms with Gasteiger partial charge in [0.15, 0.2) is 5.60 Å². The predicted molar refractivity (Wildman–Crippen MR) is 116 cm³/mol. The van der Waals surface area contributed by atoms with Crippen molar-refractivity contribution < 1.29 is 28.9 Å². The van der Waals surface area contributed by atoms with Crippen molar-refractivity contribution in [2.75, 3.05) is 13.7 Å². The molecule has 30 heavy (non-hydrogen) atoms. The topological polar surface area (TPSA) is 82.1 Å². The number of allylic oxidation sites excluding steroid dienone is 4. The van der Waals surface area contributed by atoms with Gasteiger partial charge < -0.3 is 19.3 Å². The fourth-order valence-electron chi connectivity index (χ4n) is 2.98. The lowest BCUT2D eigenvalue weighted by molar-refractivity contribution is -0.157. The third-order valence-electron chi connectivity index (χ3n) is 5.25. The molecule has 0 bridgehead atoms. The molecule has 1 N–H and O–H groups in total. The summed E-state index contributed by atoms with van der Waals surface area (Å²) in [7, 11) is 1.45. The maximum atomic E-state index is 12.8. The van der Waals surface area contributed by atoms with Gasteiger partial charge in [0.25, 0.3) is 0 Å². The quantitative estimate of drug-likeness (QED) is 0.235. The molecule has 0 aromatic rings. The van der Waals surface area contributed by atoms with E-state index in [1.54, 1.807) is 32.1 Å². The highest BCUT2D eigenvalue weighted by atomic mass is 16.6. The molecule has 0 saturated heterocycles. The zero-order valence-electron chi connectivity index (χ0n) is 18.9. The van der Waals surface area contributed by atoms with Crippen molar-refractivity contribution >= 4 is 11.9 Å². The lowest BCUT2D eigenvalue weighted by atomic mass is 9.77. The van der Waals surface area contributed by atoms with Crippen molar-refractivity contribution in [2.45, 2.75) is 59.2 Å². The summed E-state index contributed by atoms with van der Waals surface area (Å²) in [4.78, 5) is 24.7. The molecule has 0 unspecified atom stereocenters. The highest BCUT2D eigenvalue weighted by Crippen LogP contribution is 2.42. The second-order valence-electron chi connectivity index (χ2n) is 7.87. The first-order valence-corrected chi connectivity index (χ1v) is 9.97. The first-order chi connectivity index (χ1) is 14.0. The van der Waals surface area contributed by atoms with Gasteiger partial charge in [-0.2, -0.15) is 0 Å². The zero-order valence-corrected chi connectivity index (χ0v) is 18.9. The Balaban J connectivity index is 3.22. The fraction of sp³-hybridized carbons (Fsp3) is 0.500. The second kappa shape index (κ2) is 11.0. The Hall–Kier alpha value is -2.60. The molecule has 1 aliphatic heterocycles. The summed E-state index contributed by atoms with van der Waals surface area (Å²) < 4.78 is 15.7. The van der Waals surface area contributed by atoms with Crippen LogP contribution in [-0.4, -0.2) is 42.5 Å². The SMILES string of the molecule is C=C[C@@](C)(CCC=C(C)C)C1=C[C@@](/C=C/OC)([C@@H](O)COC(=O)/C(C)=C\C)OC1=O. The van der Waals surface area contributed by atoms with Gasteiger partial charge in [0.1, 0.15) is 12.7 Å². The van der Waals surface area contributed by atoms with Crippen molar-refractivity contribution in [1.82, 2.24) is 0 Å². The van der Waals surface area contributed by atoms with E-state index in [2.05, 4.69) is 12.7 Å². The zero-order chi connectivity index (χ0) is 22.9. The van der Waals surface area contributed by atoms with E-state index in [0.29, 0.717) is 17.6 Å². The number of hydrogen-bond acceptors (Lipinski definition) is 6. The molecule has 0 amide bonds. The Bertz CT molecular complexity index is 769. The van der Waals surface area contributed by atoms with Gasteiger partial charge in [-0.25, -0.2) is 9.59 Å². The Morgan fingerprint density at radius 1 is 1.40 bits per heavy atom. The van der Waals surface area contributed by atoms with Gasteiger partial charge >= 0.3 is 11.9 Å².